The first kappa shape index (κ1) is 14.1. The third-order valence-corrected chi connectivity index (χ3v) is 2.84. The molecule has 1 heterocycles. The average Bonchev–Trinajstić information content (AvgIpc) is 2.90. The van der Waals surface area contributed by atoms with E-state index in [2.05, 4.69) is 20.1 Å². The number of hydrazone groups is 1. The van der Waals surface area contributed by atoms with Crippen molar-refractivity contribution in [3.63, 3.8) is 0 Å². The topological polar surface area (TPSA) is 76.5 Å². The van der Waals surface area contributed by atoms with Crippen LogP contribution in [0.2, 0.25) is 0 Å². The highest BCUT2D eigenvalue weighted by Gasteiger charge is 2.17. The molecule has 0 atom stereocenters. The zero-order chi connectivity index (χ0) is 14.4. The number of ether oxygens (including phenoxy) is 1. The molecule has 20 heavy (non-hydrogen) atoms. The van der Waals surface area contributed by atoms with Crippen LogP contribution >= 0.6 is 11.5 Å². The molecule has 1 aromatic heterocycles. The Morgan fingerprint density at radius 3 is 2.95 bits per heavy atom. The summed E-state index contributed by atoms with van der Waals surface area (Å²) in [4.78, 5) is 11.5. The number of nitrogens with one attached hydrogen (secondary N) is 1. The van der Waals surface area contributed by atoms with Gasteiger partial charge in [-0.2, -0.15) is 5.10 Å². The van der Waals surface area contributed by atoms with E-state index in [-0.39, 0.29) is 18.1 Å². The zero-order valence-corrected chi connectivity index (χ0v) is 11.4. The maximum atomic E-state index is 12.7. The first-order valence-electron chi connectivity index (χ1n) is 5.75. The molecule has 0 radical (unpaired) electrons. The van der Waals surface area contributed by atoms with Crippen LogP contribution in [0.3, 0.4) is 0 Å². The second kappa shape index (κ2) is 6.71. The zero-order valence-electron chi connectivity index (χ0n) is 10.5. The molecule has 2 aromatic rings. The van der Waals surface area contributed by atoms with Crippen molar-refractivity contribution in [2.24, 2.45) is 5.10 Å². The molecule has 0 aliphatic carbocycles. The van der Waals surface area contributed by atoms with Crippen molar-refractivity contribution in [2.75, 3.05) is 12.0 Å². The Morgan fingerprint density at radius 2 is 2.25 bits per heavy atom. The number of nitrogens with zero attached hydrogens (tertiary/aromatic N) is 3. The molecule has 6 nitrogen and oxygen atoms in total. The van der Waals surface area contributed by atoms with E-state index < -0.39 is 5.97 Å². The van der Waals surface area contributed by atoms with Crippen LogP contribution < -0.4 is 5.43 Å². The minimum Gasteiger partial charge on any atom is -0.461 e. The standard InChI is InChI=1S/C12H11FN4O2S/c1-2-19-12(18)10-11(20-17-15-10)16-14-7-8-3-5-9(13)6-4-8/h3-7,16H,2H2,1H3. The first-order chi connectivity index (χ1) is 9.70. The van der Waals surface area contributed by atoms with Gasteiger partial charge in [-0.3, -0.25) is 5.43 Å². The molecule has 0 aliphatic heterocycles. The molecule has 0 spiro atoms. The number of anilines is 1. The Balaban J connectivity index is 2.02. The molecule has 104 valence electrons. The molecule has 2 rings (SSSR count). The Bertz CT molecular complexity index is 612. The normalized spacial score (nSPS) is 10.7. The summed E-state index contributed by atoms with van der Waals surface area (Å²) in [6.45, 7) is 1.96. The molecule has 0 fully saturated rings. The van der Waals surface area contributed by atoms with Gasteiger partial charge in [-0.05, 0) is 24.6 Å². The van der Waals surface area contributed by atoms with Gasteiger partial charge >= 0.3 is 5.97 Å². The summed E-state index contributed by atoms with van der Waals surface area (Å²) < 4.78 is 21.2. The predicted molar refractivity (Wildman–Crippen MR) is 73.5 cm³/mol. The van der Waals surface area contributed by atoms with Gasteiger partial charge in [0, 0.05) is 11.5 Å². The fourth-order valence-electron chi connectivity index (χ4n) is 1.31. The van der Waals surface area contributed by atoms with Crippen LogP contribution in [0.5, 0.6) is 0 Å². The lowest BCUT2D eigenvalue weighted by atomic mass is 10.2. The van der Waals surface area contributed by atoms with E-state index in [1.807, 2.05) is 0 Å². The van der Waals surface area contributed by atoms with Crippen molar-refractivity contribution in [1.29, 1.82) is 0 Å². The summed E-state index contributed by atoms with van der Waals surface area (Å²) in [6, 6.07) is 5.83. The van der Waals surface area contributed by atoms with Gasteiger partial charge in [0.05, 0.1) is 12.8 Å². The van der Waals surface area contributed by atoms with Crippen molar-refractivity contribution in [3.8, 4) is 0 Å². The first-order valence-corrected chi connectivity index (χ1v) is 6.52. The monoisotopic (exact) mass is 294 g/mol. The minimum atomic E-state index is -0.555. The summed E-state index contributed by atoms with van der Waals surface area (Å²) in [5, 5.41) is 8.01. The number of hydrogen-bond donors (Lipinski definition) is 1. The smallest absolute Gasteiger partial charge is 0.362 e. The minimum absolute atomic E-state index is 0.0908. The molecule has 0 saturated carbocycles. The fourth-order valence-corrected chi connectivity index (χ4v) is 1.82. The molecule has 0 saturated heterocycles. The van der Waals surface area contributed by atoms with E-state index in [1.54, 1.807) is 19.1 Å². The average molecular weight is 294 g/mol. The number of benzene rings is 1. The van der Waals surface area contributed by atoms with Crippen molar-refractivity contribution in [2.45, 2.75) is 6.92 Å². The number of carbonyl (C=O) groups is 1. The maximum absolute atomic E-state index is 12.7. The molecule has 0 unspecified atom stereocenters. The molecule has 0 aliphatic rings. The van der Waals surface area contributed by atoms with Crippen molar-refractivity contribution >= 4 is 28.7 Å². The van der Waals surface area contributed by atoms with Crippen molar-refractivity contribution in [3.05, 3.63) is 41.3 Å². The van der Waals surface area contributed by atoms with Crippen LogP contribution in [0.15, 0.2) is 29.4 Å². The Morgan fingerprint density at radius 1 is 1.50 bits per heavy atom. The lowest BCUT2D eigenvalue weighted by Crippen LogP contribution is -2.07. The van der Waals surface area contributed by atoms with Gasteiger partial charge in [0.15, 0.2) is 5.00 Å². The molecule has 8 heteroatoms. The molecule has 0 amide bonds. The Hall–Kier alpha value is -2.35. The van der Waals surface area contributed by atoms with E-state index in [0.717, 1.165) is 11.5 Å². The van der Waals surface area contributed by atoms with Gasteiger partial charge in [-0.15, -0.1) is 5.10 Å². The van der Waals surface area contributed by atoms with E-state index in [0.29, 0.717) is 10.6 Å². The SMILES string of the molecule is CCOC(=O)c1nnsc1NN=Cc1ccc(F)cc1. The van der Waals surface area contributed by atoms with Gasteiger partial charge < -0.3 is 4.74 Å². The van der Waals surface area contributed by atoms with Crippen molar-refractivity contribution in [1.82, 2.24) is 9.59 Å². The van der Waals surface area contributed by atoms with Crippen LogP contribution in [0, 0.1) is 5.82 Å². The van der Waals surface area contributed by atoms with Gasteiger partial charge in [-0.25, -0.2) is 9.18 Å². The summed E-state index contributed by atoms with van der Waals surface area (Å²) in [7, 11) is 0. The maximum Gasteiger partial charge on any atom is 0.362 e. The molecule has 1 aromatic carbocycles. The van der Waals surface area contributed by atoms with E-state index in [4.69, 9.17) is 4.74 Å². The number of esters is 1. The van der Waals surface area contributed by atoms with E-state index >= 15 is 0 Å². The van der Waals surface area contributed by atoms with Crippen molar-refractivity contribution < 1.29 is 13.9 Å². The summed E-state index contributed by atoms with van der Waals surface area (Å²) in [5.41, 5.74) is 3.47. The van der Waals surface area contributed by atoms with Gasteiger partial charge in [0.1, 0.15) is 5.82 Å². The van der Waals surface area contributed by atoms with E-state index in [1.165, 1.54) is 18.3 Å². The van der Waals surface area contributed by atoms with Gasteiger partial charge in [0.2, 0.25) is 5.69 Å². The molecule has 1 N–H and O–H groups in total. The van der Waals surface area contributed by atoms with Crippen LogP contribution in [-0.2, 0) is 4.74 Å². The lowest BCUT2D eigenvalue weighted by Gasteiger charge is -2.00. The highest BCUT2D eigenvalue weighted by atomic mass is 32.1. The Kier molecular flexibility index (Phi) is 4.72. The third kappa shape index (κ3) is 3.58. The number of aromatic nitrogens is 2. The fraction of sp³-hybridized carbons (Fsp3) is 0.167. The third-order valence-electron chi connectivity index (χ3n) is 2.21. The summed E-state index contributed by atoms with van der Waals surface area (Å²) >= 11 is 0.995. The summed E-state index contributed by atoms with van der Waals surface area (Å²) in [5.74, 6) is -0.868. The van der Waals surface area contributed by atoms with Crippen LogP contribution in [0.4, 0.5) is 9.39 Å². The predicted octanol–water partition coefficient (Wildman–Crippen LogP) is 2.30. The second-order valence-electron chi connectivity index (χ2n) is 3.59. The Labute approximate surface area is 118 Å². The van der Waals surface area contributed by atoms with Crippen LogP contribution in [0.25, 0.3) is 0 Å². The highest BCUT2D eigenvalue weighted by molar-refractivity contribution is 7.10. The van der Waals surface area contributed by atoms with Crippen LogP contribution in [-0.4, -0.2) is 28.4 Å². The van der Waals surface area contributed by atoms with Crippen LogP contribution in [0.1, 0.15) is 23.0 Å². The van der Waals surface area contributed by atoms with Gasteiger partial charge in [-0.1, -0.05) is 16.6 Å². The number of halogens is 1. The van der Waals surface area contributed by atoms with E-state index in [9.17, 15) is 9.18 Å². The lowest BCUT2D eigenvalue weighted by molar-refractivity contribution is 0.0520. The molecule has 0 bridgehead atoms. The largest absolute Gasteiger partial charge is 0.461 e. The number of hydrogen-bond acceptors (Lipinski definition) is 7. The number of carbonyl (C=O) groups excluding carboxylic acids is 1. The molecular formula is C12H11FN4O2S. The molecular weight excluding hydrogens is 283 g/mol. The number of rotatable bonds is 5. The highest BCUT2D eigenvalue weighted by Crippen LogP contribution is 2.18. The van der Waals surface area contributed by atoms with Gasteiger partial charge in [0.25, 0.3) is 0 Å². The quantitative estimate of drug-likeness (QED) is 0.520. The second-order valence-corrected chi connectivity index (χ2v) is 4.35. The summed E-state index contributed by atoms with van der Waals surface area (Å²) in [6.07, 6.45) is 1.49.